The lowest BCUT2D eigenvalue weighted by Crippen LogP contribution is -2.13. The molecule has 2 aromatic rings. The summed E-state index contributed by atoms with van der Waals surface area (Å²) in [6.07, 6.45) is 3.18. The Morgan fingerprint density at radius 2 is 2.20 bits per heavy atom. The lowest BCUT2D eigenvalue weighted by atomic mass is 10.0. The molecule has 0 saturated carbocycles. The SMILES string of the molecule is Fc1cc(Br)cc2c1-n1cnnc1CC2. The molecule has 1 aliphatic heterocycles. The van der Waals surface area contributed by atoms with Gasteiger partial charge in [-0.05, 0) is 24.1 Å². The van der Waals surface area contributed by atoms with Gasteiger partial charge in [0.1, 0.15) is 18.0 Å². The van der Waals surface area contributed by atoms with Gasteiger partial charge in [-0.15, -0.1) is 10.2 Å². The van der Waals surface area contributed by atoms with Crippen molar-refractivity contribution in [3.05, 3.63) is 40.1 Å². The number of rotatable bonds is 0. The minimum absolute atomic E-state index is 0.236. The smallest absolute Gasteiger partial charge is 0.148 e. The van der Waals surface area contributed by atoms with Gasteiger partial charge in [-0.25, -0.2) is 4.39 Å². The number of halogens is 2. The Morgan fingerprint density at radius 3 is 3.07 bits per heavy atom. The summed E-state index contributed by atoms with van der Waals surface area (Å²) in [5.41, 5.74) is 1.58. The summed E-state index contributed by atoms with van der Waals surface area (Å²) in [7, 11) is 0. The van der Waals surface area contributed by atoms with Crippen LogP contribution < -0.4 is 0 Å². The number of hydrogen-bond acceptors (Lipinski definition) is 2. The van der Waals surface area contributed by atoms with Gasteiger partial charge in [-0.2, -0.15) is 0 Å². The van der Waals surface area contributed by atoms with Crippen LogP contribution in [0.4, 0.5) is 4.39 Å². The standard InChI is InChI=1S/C10H7BrFN3/c11-7-3-6-1-2-9-14-13-5-15(9)10(6)8(12)4-7/h3-5H,1-2H2. The molecule has 15 heavy (non-hydrogen) atoms. The Kier molecular flexibility index (Phi) is 1.88. The highest BCUT2D eigenvalue weighted by atomic mass is 79.9. The summed E-state index contributed by atoms with van der Waals surface area (Å²) < 4.78 is 16.3. The summed E-state index contributed by atoms with van der Waals surface area (Å²) in [5, 5.41) is 7.75. The highest BCUT2D eigenvalue weighted by molar-refractivity contribution is 9.10. The van der Waals surface area contributed by atoms with E-state index in [9.17, 15) is 4.39 Å². The summed E-state index contributed by atoms with van der Waals surface area (Å²) >= 11 is 3.29. The van der Waals surface area contributed by atoms with Gasteiger partial charge in [0.2, 0.25) is 0 Å². The molecule has 3 nitrogen and oxygen atoms in total. The fourth-order valence-electron chi connectivity index (χ4n) is 1.94. The molecule has 3 rings (SSSR count). The van der Waals surface area contributed by atoms with Gasteiger partial charge < -0.3 is 0 Å². The number of benzene rings is 1. The zero-order valence-electron chi connectivity index (χ0n) is 7.74. The van der Waals surface area contributed by atoms with E-state index < -0.39 is 0 Å². The van der Waals surface area contributed by atoms with Crippen LogP contribution in [0, 0.1) is 5.82 Å². The van der Waals surface area contributed by atoms with Crippen LogP contribution in [0.5, 0.6) is 0 Å². The predicted molar refractivity (Wildman–Crippen MR) is 56.4 cm³/mol. The van der Waals surface area contributed by atoms with Crippen LogP contribution in [0.25, 0.3) is 5.69 Å². The van der Waals surface area contributed by atoms with Crippen molar-refractivity contribution in [2.45, 2.75) is 12.8 Å². The van der Waals surface area contributed by atoms with E-state index in [-0.39, 0.29) is 5.82 Å². The van der Waals surface area contributed by atoms with Gasteiger partial charge in [0.15, 0.2) is 0 Å². The summed E-state index contributed by atoms with van der Waals surface area (Å²) in [6, 6.07) is 3.41. The van der Waals surface area contributed by atoms with E-state index in [2.05, 4.69) is 26.1 Å². The molecule has 0 radical (unpaired) electrons. The van der Waals surface area contributed by atoms with Crippen LogP contribution in [0.1, 0.15) is 11.4 Å². The largest absolute Gasteiger partial charge is 0.282 e. The second-order valence-corrected chi connectivity index (χ2v) is 4.43. The lowest BCUT2D eigenvalue weighted by molar-refractivity contribution is 0.603. The van der Waals surface area contributed by atoms with Crippen LogP contribution in [0.3, 0.4) is 0 Å². The molecule has 1 aromatic heterocycles. The third-order valence-electron chi connectivity index (χ3n) is 2.58. The number of aryl methyl sites for hydroxylation is 2. The fraction of sp³-hybridized carbons (Fsp3) is 0.200. The van der Waals surface area contributed by atoms with E-state index in [0.29, 0.717) is 5.69 Å². The topological polar surface area (TPSA) is 30.7 Å². The monoisotopic (exact) mass is 267 g/mol. The van der Waals surface area contributed by atoms with Crippen molar-refractivity contribution in [1.82, 2.24) is 14.8 Å². The zero-order valence-corrected chi connectivity index (χ0v) is 9.33. The first kappa shape index (κ1) is 9.03. The molecule has 0 N–H and O–H groups in total. The van der Waals surface area contributed by atoms with Crippen LogP contribution in [-0.2, 0) is 12.8 Å². The minimum Gasteiger partial charge on any atom is -0.282 e. The van der Waals surface area contributed by atoms with Crippen molar-refractivity contribution >= 4 is 15.9 Å². The Balaban J connectivity index is 2.32. The number of aromatic nitrogens is 3. The molecular weight excluding hydrogens is 261 g/mol. The van der Waals surface area contributed by atoms with Crippen molar-refractivity contribution in [3.63, 3.8) is 0 Å². The number of fused-ring (bicyclic) bond motifs is 3. The maximum atomic E-state index is 13.8. The average Bonchev–Trinajstić information content (AvgIpc) is 2.63. The number of nitrogens with zero attached hydrogens (tertiary/aromatic N) is 3. The fourth-order valence-corrected chi connectivity index (χ4v) is 2.42. The van der Waals surface area contributed by atoms with E-state index in [1.807, 2.05) is 6.07 Å². The summed E-state index contributed by atoms with van der Waals surface area (Å²) in [5.74, 6) is 0.587. The molecule has 0 unspecified atom stereocenters. The Bertz CT molecular complexity index is 535. The molecule has 0 bridgehead atoms. The normalized spacial score (nSPS) is 13.5. The molecule has 0 fully saturated rings. The van der Waals surface area contributed by atoms with Crippen LogP contribution in [0.15, 0.2) is 22.9 Å². The molecule has 1 aromatic carbocycles. The van der Waals surface area contributed by atoms with Crippen LogP contribution >= 0.6 is 15.9 Å². The van der Waals surface area contributed by atoms with Crippen LogP contribution in [0.2, 0.25) is 0 Å². The van der Waals surface area contributed by atoms with E-state index in [4.69, 9.17) is 0 Å². The highest BCUT2D eigenvalue weighted by Crippen LogP contribution is 2.28. The molecule has 0 spiro atoms. The molecule has 0 atom stereocenters. The summed E-state index contributed by atoms with van der Waals surface area (Å²) in [4.78, 5) is 0. The van der Waals surface area contributed by atoms with Gasteiger partial charge in [-0.3, -0.25) is 4.57 Å². The highest BCUT2D eigenvalue weighted by Gasteiger charge is 2.20. The van der Waals surface area contributed by atoms with E-state index in [0.717, 1.165) is 28.7 Å². The minimum atomic E-state index is -0.236. The average molecular weight is 268 g/mol. The first-order chi connectivity index (χ1) is 7.25. The van der Waals surface area contributed by atoms with Crippen molar-refractivity contribution in [2.75, 3.05) is 0 Å². The summed E-state index contributed by atoms with van der Waals surface area (Å²) in [6.45, 7) is 0. The van der Waals surface area contributed by atoms with Crippen molar-refractivity contribution in [3.8, 4) is 5.69 Å². The van der Waals surface area contributed by atoms with Gasteiger partial charge in [0, 0.05) is 10.9 Å². The molecule has 0 amide bonds. The van der Waals surface area contributed by atoms with Gasteiger partial charge in [0.05, 0.1) is 5.69 Å². The Hall–Kier alpha value is -1.23. The predicted octanol–water partition coefficient (Wildman–Crippen LogP) is 2.27. The lowest BCUT2D eigenvalue weighted by Gasteiger charge is -2.18. The Labute approximate surface area is 94.1 Å². The molecular formula is C10H7BrFN3. The molecule has 0 saturated heterocycles. The van der Waals surface area contributed by atoms with Crippen molar-refractivity contribution in [1.29, 1.82) is 0 Å². The van der Waals surface area contributed by atoms with Gasteiger partial charge in [0.25, 0.3) is 0 Å². The molecule has 0 aliphatic carbocycles. The molecule has 76 valence electrons. The van der Waals surface area contributed by atoms with E-state index >= 15 is 0 Å². The Morgan fingerprint density at radius 1 is 1.33 bits per heavy atom. The molecule has 1 aliphatic rings. The van der Waals surface area contributed by atoms with Crippen LogP contribution in [-0.4, -0.2) is 14.8 Å². The molecule has 2 heterocycles. The maximum absolute atomic E-state index is 13.8. The third kappa shape index (κ3) is 1.30. The number of hydrogen-bond donors (Lipinski definition) is 0. The van der Waals surface area contributed by atoms with Gasteiger partial charge in [-0.1, -0.05) is 15.9 Å². The van der Waals surface area contributed by atoms with Crippen molar-refractivity contribution in [2.24, 2.45) is 0 Å². The second kappa shape index (κ2) is 3.13. The van der Waals surface area contributed by atoms with Crippen molar-refractivity contribution < 1.29 is 4.39 Å². The van der Waals surface area contributed by atoms with Gasteiger partial charge >= 0.3 is 0 Å². The zero-order chi connectivity index (χ0) is 10.4. The first-order valence-electron chi connectivity index (χ1n) is 4.63. The quantitative estimate of drug-likeness (QED) is 0.733. The maximum Gasteiger partial charge on any atom is 0.148 e. The second-order valence-electron chi connectivity index (χ2n) is 3.51. The third-order valence-corrected chi connectivity index (χ3v) is 3.04. The van der Waals surface area contributed by atoms with E-state index in [1.165, 1.54) is 6.07 Å². The first-order valence-corrected chi connectivity index (χ1v) is 5.42. The molecule has 5 heteroatoms. The van der Waals surface area contributed by atoms with E-state index in [1.54, 1.807) is 10.9 Å².